The van der Waals surface area contributed by atoms with Gasteiger partial charge in [0, 0.05) is 12.5 Å². The molecule has 0 radical (unpaired) electrons. The lowest BCUT2D eigenvalue weighted by Gasteiger charge is -2.31. The highest BCUT2D eigenvalue weighted by molar-refractivity contribution is 5.85. The fourth-order valence-electron chi connectivity index (χ4n) is 2.31. The Morgan fingerprint density at radius 2 is 1.90 bits per heavy atom. The van der Waals surface area contributed by atoms with Crippen LogP contribution in [0.15, 0.2) is 24.3 Å². The lowest BCUT2D eigenvalue weighted by molar-refractivity contribution is -0.126. The zero-order valence-electron chi connectivity index (χ0n) is 12.3. The Morgan fingerprint density at radius 1 is 1.30 bits per heavy atom. The van der Waals surface area contributed by atoms with Gasteiger partial charge in [-0.25, -0.2) is 0 Å². The number of hydrogen-bond acceptors (Lipinski definition) is 2. The summed E-state index contributed by atoms with van der Waals surface area (Å²) in [6.45, 7) is 6.87. The van der Waals surface area contributed by atoms with Gasteiger partial charge in [0.25, 0.3) is 0 Å². The second kappa shape index (κ2) is 8.28. The van der Waals surface area contributed by atoms with E-state index in [2.05, 4.69) is 41.8 Å². The normalized spacial score (nSPS) is 15.9. The van der Waals surface area contributed by atoms with Crippen LogP contribution in [0.25, 0.3) is 0 Å². The highest BCUT2D eigenvalue weighted by Crippen LogP contribution is 2.15. The molecule has 1 saturated heterocycles. The molecule has 1 aromatic rings. The summed E-state index contributed by atoms with van der Waals surface area (Å²) in [6, 6.07) is 8.65. The topological polar surface area (TPSA) is 41.1 Å². The molecule has 1 aromatic carbocycles. The maximum atomic E-state index is 11.9. The van der Waals surface area contributed by atoms with E-state index < -0.39 is 0 Å². The number of halogens is 1. The molecule has 1 amide bonds. The van der Waals surface area contributed by atoms with E-state index in [9.17, 15) is 4.79 Å². The van der Waals surface area contributed by atoms with Crippen molar-refractivity contribution in [1.29, 1.82) is 0 Å². The maximum absolute atomic E-state index is 11.9. The van der Waals surface area contributed by atoms with E-state index in [1.165, 1.54) is 11.1 Å². The van der Waals surface area contributed by atoms with Crippen LogP contribution in [0.5, 0.6) is 0 Å². The molecular formula is C16H25ClN2O. The molecule has 20 heavy (non-hydrogen) atoms. The number of amides is 1. The predicted octanol–water partition coefficient (Wildman–Crippen LogP) is 2.19. The van der Waals surface area contributed by atoms with Crippen LogP contribution in [0.1, 0.15) is 25.0 Å². The summed E-state index contributed by atoms with van der Waals surface area (Å²) in [4.78, 5) is 11.9. The van der Waals surface area contributed by atoms with Gasteiger partial charge in [0.05, 0.1) is 0 Å². The number of benzene rings is 1. The third kappa shape index (κ3) is 4.50. The summed E-state index contributed by atoms with van der Waals surface area (Å²) in [5, 5.41) is 6.25. The number of rotatable bonds is 6. The Bertz CT molecular complexity index is 415. The van der Waals surface area contributed by atoms with E-state index in [-0.39, 0.29) is 24.2 Å². The van der Waals surface area contributed by atoms with Gasteiger partial charge >= 0.3 is 0 Å². The number of carbonyl (C=O) groups excluding carboxylic acids is 1. The summed E-state index contributed by atoms with van der Waals surface area (Å²) in [7, 11) is 0. The highest BCUT2D eigenvalue weighted by Gasteiger charge is 2.28. The minimum atomic E-state index is 0. The molecular weight excluding hydrogens is 272 g/mol. The predicted molar refractivity (Wildman–Crippen MR) is 85.3 cm³/mol. The molecule has 0 saturated carbocycles. The highest BCUT2D eigenvalue weighted by atomic mass is 35.5. The quantitative estimate of drug-likeness (QED) is 0.845. The first kappa shape index (κ1) is 17.0. The molecule has 1 aliphatic heterocycles. The Morgan fingerprint density at radius 3 is 2.40 bits per heavy atom. The number of carbonyl (C=O) groups is 1. The Labute approximate surface area is 127 Å². The SMILES string of the molecule is CCc1ccc(CCNC(=O)C(C)C2CNC2)cc1.Cl. The second-order valence-corrected chi connectivity index (χ2v) is 5.42. The van der Waals surface area contributed by atoms with Gasteiger partial charge in [-0.15, -0.1) is 12.4 Å². The van der Waals surface area contributed by atoms with Crippen LogP contribution >= 0.6 is 12.4 Å². The van der Waals surface area contributed by atoms with Crippen molar-refractivity contribution in [3.05, 3.63) is 35.4 Å². The zero-order valence-corrected chi connectivity index (χ0v) is 13.1. The van der Waals surface area contributed by atoms with Crippen molar-refractivity contribution in [1.82, 2.24) is 10.6 Å². The molecule has 0 spiro atoms. The zero-order chi connectivity index (χ0) is 13.7. The van der Waals surface area contributed by atoms with Crippen molar-refractivity contribution in [2.24, 2.45) is 11.8 Å². The van der Waals surface area contributed by atoms with Crippen molar-refractivity contribution >= 4 is 18.3 Å². The van der Waals surface area contributed by atoms with E-state index in [1.807, 2.05) is 6.92 Å². The van der Waals surface area contributed by atoms with Gasteiger partial charge in [0.15, 0.2) is 0 Å². The average molecular weight is 297 g/mol. The van der Waals surface area contributed by atoms with E-state index in [4.69, 9.17) is 0 Å². The smallest absolute Gasteiger partial charge is 0.223 e. The van der Waals surface area contributed by atoms with Gasteiger partial charge in [-0.3, -0.25) is 4.79 Å². The van der Waals surface area contributed by atoms with Crippen LogP contribution in [-0.4, -0.2) is 25.5 Å². The van der Waals surface area contributed by atoms with Gasteiger partial charge in [-0.2, -0.15) is 0 Å². The molecule has 1 fully saturated rings. The summed E-state index contributed by atoms with van der Waals surface area (Å²) < 4.78 is 0. The van der Waals surface area contributed by atoms with Crippen molar-refractivity contribution < 1.29 is 4.79 Å². The monoisotopic (exact) mass is 296 g/mol. The second-order valence-electron chi connectivity index (χ2n) is 5.42. The molecule has 1 unspecified atom stereocenters. The summed E-state index contributed by atoms with van der Waals surface area (Å²) in [6.07, 6.45) is 1.98. The van der Waals surface area contributed by atoms with E-state index in [0.29, 0.717) is 5.92 Å². The molecule has 3 nitrogen and oxygen atoms in total. The first-order chi connectivity index (χ1) is 9.20. The fourth-order valence-corrected chi connectivity index (χ4v) is 2.31. The minimum Gasteiger partial charge on any atom is -0.356 e. The van der Waals surface area contributed by atoms with Crippen molar-refractivity contribution in [3.8, 4) is 0 Å². The number of nitrogens with one attached hydrogen (secondary N) is 2. The van der Waals surface area contributed by atoms with Gasteiger partial charge in [0.1, 0.15) is 0 Å². The lowest BCUT2D eigenvalue weighted by atomic mass is 9.88. The van der Waals surface area contributed by atoms with Gasteiger partial charge < -0.3 is 10.6 Å². The van der Waals surface area contributed by atoms with Gasteiger partial charge in [-0.1, -0.05) is 38.1 Å². The molecule has 4 heteroatoms. The molecule has 0 bridgehead atoms. The summed E-state index contributed by atoms with van der Waals surface area (Å²) in [5.74, 6) is 0.837. The average Bonchev–Trinajstić information content (AvgIpc) is 2.37. The molecule has 0 aromatic heterocycles. The third-order valence-corrected chi connectivity index (χ3v) is 4.08. The maximum Gasteiger partial charge on any atom is 0.223 e. The van der Waals surface area contributed by atoms with E-state index >= 15 is 0 Å². The fraction of sp³-hybridized carbons (Fsp3) is 0.562. The molecule has 1 heterocycles. The molecule has 2 rings (SSSR count). The number of aryl methyl sites for hydroxylation is 1. The Balaban J connectivity index is 0.00000200. The lowest BCUT2D eigenvalue weighted by Crippen LogP contribution is -2.49. The van der Waals surface area contributed by atoms with Gasteiger partial charge in [-0.05, 0) is 43.0 Å². The van der Waals surface area contributed by atoms with Crippen LogP contribution in [0.3, 0.4) is 0 Å². The van der Waals surface area contributed by atoms with Crippen molar-refractivity contribution in [2.75, 3.05) is 19.6 Å². The van der Waals surface area contributed by atoms with Crippen molar-refractivity contribution in [2.45, 2.75) is 26.7 Å². The molecule has 1 atom stereocenters. The third-order valence-electron chi connectivity index (χ3n) is 4.08. The first-order valence-corrected chi connectivity index (χ1v) is 7.27. The Kier molecular flexibility index (Phi) is 7.03. The van der Waals surface area contributed by atoms with Crippen LogP contribution < -0.4 is 10.6 Å². The van der Waals surface area contributed by atoms with Crippen LogP contribution in [0, 0.1) is 11.8 Å². The molecule has 2 N–H and O–H groups in total. The summed E-state index contributed by atoms with van der Waals surface area (Å²) in [5.41, 5.74) is 2.65. The Hall–Kier alpha value is -1.06. The number of hydrogen-bond donors (Lipinski definition) is 2. The minimum absolute atomic E-state index is 0. The van der Waals surface area contributed by atoms with Crippen LogP contribution in [0.4, 0.5) is 0 Å². The molecule has 1 aliphatic rings. The first-order valence-electron chi connectivity index (χ1n) is 7.27. The van der Waals surface area contributed by atoms with Crippen LogP contribution in [-0.2, 0) is 17.6 Å². The van der Waals surface area contributed by atoms with Crippen molar-refractivity contribution in [3.63, 3.8) is 0 Å². The standard InChI is InChI=1S/C16H24N2O.ClH/c1-3-13-4-6-14(7-5-13)8-9-18-16(19)12(2)15-10-17-11-15;/h4-7,12,15,17H,3,8-11H2,1-2H3,(H,18,19);1H. The summed E-state index contributed by atoms with van der Waals surface area (Å²) >= 11 is 0. The van der Waals surface area contributed by atoms with Gasteiger partial charge in [0.2, 0.25) is 5.91 Å². The molecule has 0 aliphatic carbocycles. The molecule has 112 valence electrons. The van der Waals surface area contributed by atoms with E-state index in [0.717, 1.165) is 32.5 Å². The van der Waals surface area contributed by atoms with E-state index in [1.54, 1.807) is 0 Å². The van der Waals surface area contributed by atoms with Crippen LogP contribution in [0.2, 0.25) is 0 Å². The largest absolute Gasteiger partial charge is 0.356 e.